The highest BCUT2D eigenvalue weighted by molar-refractivity contribution is 5.99. The number of carbonyl (C=O) groups excluding carboxylic acids is 2. The van der Waals surface area contributed by atoms with E-state index in [9.17, 15) is 14.0 Å². The molecule has 1 aliphatic rings. The molecule has 0 aliphatic carbocycles. The Morgan fingerprint density at radius 2 is 2.18 bits per heavy atom. The SMILES string of the molecule is COC(=O)N1CC[C@@H]1CNC(=O)c1ccc(-c2cn[nH]c2)nc1NCCc1cccc(F)c1. The number of anilines is 1. The third kappa shape index (κ3) is 5.28. The van der Waals surface area contributed by atoms with Crippen LogP contribution >= 0.6 is 0 Å². The summed E-state index contributed by atoms with van der Waals surface area (Å²) < 4.78 is 18.2. The van der Waals surface area contributed by atoms with Crippen molar-refractivity contribution in [2.45, 2.75) is 18.9 Å². The molecule has 172 valence electrons. The molecule has 1 aliphatic heterocycles. The lowest BCUT2D eigenvalue weighted by Gasteiger charge is -2.39. The normalized spacial score (nSPS) is 15.0. The number of aromatic nitrogens is 3. The number of likely N-dealkylation sites (tertiary alicyclic amines) is 1. The van der Waals surface area contributed by atoms with Crippen molar-refractivity contribution in [3.63, 3.8) is 0 Å². The van der Waals surface area contributed by atoms with Crippen molar-refractivity contribution in [3.8, 4) is 11.3 Å². The van der Waals surface area contributed by atoms with Gasteiger partial charge in [-0.1, -0.05) is 12.1 Å². The lowest BCUT2D eigenvalue weighted by atomic mass is 10.0. The van der Waals surface area contributed by atoms with Crippen molar-refractivity contribution in [1.82, 2.24) is 25.4 Å². The molecule has 4 rings (SSSR count). The first-order valence-electron chi connectivity index (χ1n) is 10.7. The van der Waals surface area contributed by atoms with Crippen molar-refractivity contribution in [2.75, 3.05) is 32.1 Å². The number of pyridine rings is 1. The number of methoxy groups -OCH3 is 1. The minimum Gasteiger partial charge on any atom is -0.453 e. The molecule has 3 aromatic rings. The summed E-state index contributed by atoms with van der Waals surface area (Å²) in [5, 5.41) is 12.8. The van der Waals surface area contributed by atoms with E-state index in [-0.39, 0.29) is 17.8 Å². The molecule has 3 N–H and O–H groups in total. The molecule has 0 saturated carbocycles. The summed E-state index contributed by atoms with van der Waals surface area (Å²) in [7, 11) is 1.34. The number of nitrogens with one attached hydrogen (secondary N) is 3. The van der Waals surface area contributed by atoms with E-state index in [2.05, 4.69) is 25.8 Å². The van der Waals surface area contributed by atoms with Crippen LogP contribution in [0.1, 0.15) is 22.3 Å². The van der Waals surface area contributed by atoms with E-state index in [1.165, 1.54) is 19.2 Å². The van der Waals surface area contributed by atoms with Crippen molar-refractivity contribution in [1.29, 1.82) is 0 Å². The molecule has 1 fully saturated rings. The first-order valence-corrected chi connectivity index (χ1v) is 10.7. The van der Waals surface area contributed by atoms with Gasteiger partial charge in [0.25, 0.3) is 5.91 Å². The number of carbonyl (C=O) groups is 2. The topological polar surface area (TPSA) is 112 Å². The van der Waals surface area contributed by atoms with Crippen LogP contribution in [-0.4, -0.2) is 64.9 Å². The van der Waals surface area contributed by atoms with Gasteiger partial charge in [-0.2, -0.15) is 5.10 Å². The van der Waals surface area contributed by atoms with Crippen LogP contribution in [0.4, 0.5) is 15.0 Å². The number of rotatable bonds is 8. The lowest BCUT2D eigenvalue weighted by molar-refractivity contribution is 0.0590. The highest BCUT2D eigenvalue weighted by Crippen LogP contribution is 2.22. The standard InChI is InChI=1S/C23H25FN6O3/c1-33-23(32)30-10-8-18(30)14-26-22(31)19-5-6-20(16-12-27-28-13-16)29-21(19)25-9-7-15-3-2-4-17(24)11-15/h2-6,11-13,18H,7-10,14H2,1H3,(H,25,29)(H,26,31)(H,27,28)/t18-/m1/s1. The number of H-pyrrole nitrogens is 1. The summed E-state index contributed by atoms with van der Waals surface area (Å²) in [5.74, 6) is -0.170. The van der Waals surface area contributed by atoms with Crippen LogP contribution in [-0.2, 0) is 11.2 Å². The summed E-state index contributed by atoms with van der Waals surface area (Å²) >= 11 is 0. The molecule has 10 heteroatoms. The van der Waals surface area contributed by atoms with E-state index in [1.54, 1.807) is 35.5 Å². The zero-order valence-electron chi connectivity index (χ0n) is 18.2. The lowest BCUT2D eigenvalue weighted by Crippen LogP contribution is -2.55. The van der Waals surface area contributed by atoms with Gasteiger partial charge in [0.15, 0.2) is 0 Å². The maximum absolute atomic E-state index is 13.5. The molecule has 2 aromatic heterocycles. The number of benzene rings is 1. The summed E-state index contributed by atoms with van der Waals surface area (Å²) in [6.07, 6.45) is 4.33. The minimum absolute atomic E-state index is 0.0936. The van der Waals surface area contributed by atoms with Gasteiger partial charge in [-0.3, -0.25) is 9.89 Å². The summed E-state index contributed by atoms with van der Waals surface area (Å²) in [4.78, 5) is 30.9. The monoisotopic (exact) mass is 452 g/mol. The summed E-state index contributed by atoms with van der Waals surface area (Å²) in [5.41, 5.74) is 2.67. The van der Waals surface area contributed by atoms with E-state index in [0.717, 1.165) is 17.5 Å². The van der Waals surface area contributed by atoms with Gasteiger partial charge in [-0.05, 0) is 42.7 Å². The van der Waals surface area contributed by atoms with E-state index in [1.807, 2.05) is 6.07 Å². The predicted octanol–water partition coefficient (Wildman–Crippen LogP) is 2.84. The molecule has 0 unspecified atom stereocenters. The first-order chi connectivity index (χ1) is 16.0. The van der Waals surface area contributed by atoms with E-state index >= 15 is 0 Å². The number of hydrogen-bond donors (Lipinski definition) is 3. The van der Waals surface area contributed by atoms with Crippen LogP contribution < -0.4 is 10.6 Å². The van der Waals surface area contributed by atoms with Crippen molar-refractivity contribution in [3.05, 3.63) is 65.7 Å². The second-order valence-electron chi connectivity index (χ2n) is 7.70. The average molecular weight is 452 g/mol. The molecule has 0 radical (unpaired) electrons. The van der Waals surface area contributed by atoms with Gasteiger partial charge >= 0.3 is 6.09 Å². The molecule has 2 amide bonds. The number of nitrogens with zero attached hydrogens (tertiary/aromatic N) is 3. The Morgan fingerprint density at radius 3 is 2.88 bits per heavy atom. The smallest absolute Gasteiger partial charge is 0.409 e. The van der Waals surface area contributed by atoms with Crippen LogP contribution in [0.3, 0.4) is 0 Å². The van der Waals surface area contributed by atoms with Crippen molar-refractivity contribution >= 4 is 17.8 Å². The van der Waals surface area contributed by atoms with Gasteiger partial charge < -0.3 is 20.3 Å². The second kappa shape index (κ2) is 10.1. The van der Waals surface area contributed by atoms with Crippen LogP contribution in [0.2, 0.25) is 0 Å². The van der Waals surface area contributed by atoms with Gasteiger partial charge in [0, 0.05) is 31.4 Å². The quantitative estimate of drug-likeness (QED) is 0.485. The Morgan fingerprint density at radius 1 is 1.30 bits per heavy atom. The average Bonchev–Trinajstić information content (AvgIpc) is 3.33. The van der Waals surface area contributed by atoms with Crippen LogP contribution in [0, 0.1) is 5.82 Å². The van der Waals surface area contributed by atoms with Crippen LogP contribution in [0.25, 0.3) is 11.3 Å². The number of amides is 2. The van der Waals surface area contributed by atoms with Crippen LogP contribution in [0.15, 0.2) is 48.8 Å². The second-order valence-corrected chi connectivity index (χ2v) is 7.70. The van der Waals surface area contributed by atoms with Gasteiger partial charge in [0.2, 0.25) is 0 Å². The molecule has 1 saturated heterocycles. The molecule has 1 aromatic carbocycles. The highest BCUT2D eigenvalue weighted by atomic mass is 19.1. The Bertz CT molecular complexity index is 1120. The fourth-order valence-electron chi connectivity index (χ4n) is 3.66. The number of halogens is 1. The third-order valence-corrected chi connectivity index (χ3v) is 5.58. The number of aromatic amines is 1. The molecular formula is C23H25FN6O3. The van der Waals surface area contributed by atoms with Crippen LogP contribution in [0.5, 0.6) is 0 Å². The third-order valence-electron chi connectivity index (χ3n) is 5.58. The number of hydrogen-bond acceptors (Lipinski definition) is 6. The van der Waals surface area contributed by atoms with E-state index in [0.29, 0.717) is 43.1 Å². The molecule has 0 bridgehead atoms. The Hall–Kier alpha value is -3.95. The summed E-state index contributed by atoms with van der Waals surface area (Å²) in [6, 6.07) is 9.76. The van der Waals surface area contributed by atoms with E-state index < -0.39 is 6.09 Å². The van der Waals surface area contributed by atoms with Gasteiger partial charge in [-0.15, -0.1) is 0 Å². The fraction of sp³-hybridized carbons (Fsp3) is 0.304. The van der Waals surface area contributed by atoms with Gasteiger partial charge in [0.05, 0.1) is 30.6 Å². The molecule has 9 nitrogen and oxygen atoms in total. The highest BCUT2D eigenvalue weighted by Gasteiger charge is 2.33. The molecule has 33 heavy (non-hydrogen) atoms. The summed E-state index contributed by atoms with van der Waals surface area (Å²) in [6.45, 7) is 1.39. The first kappa shape index (κ1) is 22.3. The van der Waals surface area contributed by atoms with Gasteiger partial charge in [0.1, 0.15) is 11.6 Å². The minimum atomic E-state index is -0.397. The predicted molar refractivity (Wildman–Crippen MR) is 120 cm³/mol. The van der Waals surface area contributed by atoms with E-state index in [4.69, 9.17) is 4.74 Å². The molecular weight excluding hydrogens is 427 g/mol. The van der Waals surface area contributed by atoms with Gasteiger partial charge in [-0.25, -0.2) is 14.2 Å². The maximum Gasteiger partial charge on any atom is 0.409 e. The number of ether oxygens (including phenoxy) is 1. The molecule has 0 spiro atoms. The van der Waals surface area contributed by atoms with Crippen molar-refractivity contribution in [2.24, 2.45) is 0 Å². The Labute approximate surface area is 190 Å². The molecule has 3 heterocycles. The molecule has 1 atom stereocenters. The Kier molecular flexibility index (Phi) is 6.82. The fourth-order valence-corrected chi connectivity index (χ4v) is 3.66. The zero-order valence-corrected chi connectivity index (χ0v) is 18.2. The zero-order chi connectivity index (χ0) is 23.2. The van der Waals surface area contributed by atoms with Crippen molar-refractivity contribution < 1.29 is 18.7 Å². The Balaban J connectivity index is 1.46. The maximum atomic E-state index is 13.5. The largest absolute Gasteiger partial charge is 0.453 e.